The number of ether oxygens (including phenoxy) is 2. The van der Waals surface area contributed by atoms with E-state index in [9.17, 15) is 0 Å². The van der Waals surface area contributed by atoms with Gasteiger partial charge in [0, 0.05) is 13.7 Å². The Hall–Kier alpha value is -0.600. The molecule has 0 saturated carbocycles. The average Bonchev–Trinajstić information content (AvgIpc) is 2.51. The molecule has 0 aromatic carbocycles. The summed E-state index contributed by atoms with van der Waals surface area (Å²) in [4.78, 5) is 0. The van der Waals surface area contributed by atoms with Gasteiger partial charge >= 0.3 is 0 Å². The van der Waals surface area contributed by atoms with Crippen molar-refractivity contribution in [2.75, 3.05) is 20.3 Å². The Kier molecular flexibility index (Phi) is 3.11. The molecule has 2 nitrogen and oxygen atoms in total. The maximum Gasteiger partial charge on any atom is 0.0877 e. The van der Waals surface area contributed by atoms with Crippen molar-refractivity contribution in [1.82, 2.24) is 0 Å². The van der Waals surface area contributed by atoms with Crippen molar-refractivity contribution in [3.05, 3.63) is 22.3 Å². The van der Waals surface area contributed by atoms with E-state index < -0.39 is 0 Å². The summed E-state index contributed by atoms with van der Waals surface area (Å²) >= 11 is 0. The second-order valence-electron chi connectivity index (χ2n) is 6.54. The molecule has 3 aliphatic rings. The van der Waals surface area contributed by atoms with Crippen molar-refractivity contribution < 1.29 is 9.47 Å². The first-order valence-electron chi connectivity index (χ1n) is 7.17. The van der Waals surface area contributed by atoms with Crippen molar-refractivity contribution in [3.63, 3.8) is 0 Å². The van der Waals surface area contributed by atoms with Gasteiger partial charge in [-0.1, -0.05) is 19.4 Å². The highest BCUT2D eigenvalue weighted by atomic mass is 16.5. The second-order valence-corrected chi connectivity index (χ2v) is 6.54. The first-order valence-corrected chi connectivity index (χ1v) is 7.17. The zero-order chi connectivity index (χ0) is 12.8. The number of hydrogen-bond acceptors (Lipinski definition) is 2. The number of rotatable bonds is 1. The van der Waals surface area contributed by atoms with E-state index in [1.165, 1.54) is 25.7 Å². The Balaban J connectivity index is 2.01. The molecule has 2 aliphatic carbocycles. The van der Waals surface area contributed by atoms with Gasteiger partial charge in [0.25, 0.3) is 0 Å². The molecule has 1 aliphatic heterocycles. The molecule has 1 heterocycles. The van der Waals surface area contributed by atoms with Gasteiger partial charge in [-0.2, -0.15) is 0 Å². The lowest BCUT2D eigenvalue weighted by atomic mass is 9.82. The van der Waals surface area contributed by atoms with Crippen LogP contribution in [-0.2, 0) is 9.47 Å². The van der Waals surface area contributed by atoms with Crippen LogP contribution in [0.3, 0.4) is 0 Å². The molecule has 1 atom stereocenters. The third-order valence-corrected chi connectivity index (χ3v) is 4.73. The maximum absolute atomic E-state index is 5.85. The highest BCUT2D eigenvalue weighted by molar-refractivity contribution is 5.49. The molecule has 3 rings (SSSR count). The quantitative estimate of drug-likeness (QED) is 0.705. The first-order chi connectivity index (χ1) is 8.63. The summed E-state index contributed by atoms with van der Waals surface area (Å²) < 4.78 is 11.6. The molecule has 2 heteroatoms. The fraction of sp³-hybridized carbons (Fsp3) is 0.750. The van der Waals surface area contributed by atoms with Crippen LogP contribution in [0.4, 0.5) is 0 Å². The van der Waals surface area contributed by atoms with Crippen LogP contribution in [0.25, 0.3) is 0 Å². The summed E-state index contributed by atoms with van der Waals surface area (Å²) in [7, 11) is 1.87. The van der Waals surface area contributed by atoms with Crippen LogP contribution >= 0.6 is 0 Å². The lowest BCUT2D eigenvalue weighted by molar-refractivity contribution is 0.0481. The topological polar surface area (TPSA) is 18.5 Å². The minimum Gasteiger partial charge on any atom is -0.377 e. The normalized spacial score (nSPS) is 31.2. The number of methoxy groups -OCH3 is 1. The molecule has 0 radical (unpaired) electrons. The van der Waals surface area contributed by atoms with Crippen LogP contribution in [-0.4, -0.2) is 26.4 Å². The highest BCUT2D eigenvalue weighted by Crippen LogP contribution is 2.51. The van der Waals surface area contributed by atoms with Gasteiger partial charge < -0.3 is 9.47 Å². The van der Waals surface area contributed by atoms with Crippen molar-refractivity contribution >= 4 is 0 Å². The molecule has 0 N–H and O–H groups in total. The Bertz CT molecular complexity index is 415. The number of fused-ring (bicyclic) bond motifs is 1. The van der Waals surface area contributed by atoms with Crippen LogP contribution in [0.15, 0.2) is 22.3 Å². The van der Waals surface area contributed by atoms with Gasteiger partial charge in [-0.25, -0.2) is 0 Å². The SMILES string of the molecule is COC1C2=C(CCC3=C2CCCOC3)CC1(C)C. The van der Waals surface area contributed by atoms with E-state index >= 15 is 0 Å². The van der Waals surface area contributed by atoms with Gasteiger partial charge in [0.05, 0.1) is 12.7 Å². The van der Waals surface area contributed by atoms with Crippen molar-refractivity contribution in [2.24, 2.45) is 5.41 Å². The molecule has 0 spiro atoms. The molecule has 18 heavy (non-hydrogen) atoms. The molecule has 0 saturated heterocycles. The summed E-state index contributed by atoms with van der Waals surface area (Å²) in [5.41, 5.74) is 6.61. The molecule has 100 valence electrons. The molecular weight excluding hydrogens is 224 g/mol. The fourth-order valence-electron chi connectivity index (χ4n) is 4.01. The first kappa shape index (κ1) is 12.4. The highest BCUT2D eigenvalue weighted by Gasteiger charge is 2.43. The standard InChI is InChI=1S/C16H24O2/c1-16(2)9-11-6-7-12-10-18-8-4-5-13(12)14(11)15(16)17-3/h15H,4-10H2,1-3H3. The van der Waals surface area contributed by atoms with Gasteiger partial charge in [0.1, 0.15) is 0 Å². The van der Waals surface area contributed by atoms with E-state index in [1.807, 2.05) is 7.11 Å². The largest absolute Gasteiger partial charge is 0.377 e. The zero-order valence-electron chi connectivity index (χ0n) is 11.8. The zero-order valence-corrected chi connectivity index (χ0v) is 11.8. The summed E-state index contributed by atoms with van der Waals surface area (Å²) in [6.07, 6.45) is 6.27. The van der Waals surface area contributed by atoms with Crippen LogP contribution in [0.5, 0.6) is 0 Å². The van der Waals surface area contributed by atoms with E-state index in [0.717, 1.165) is 19.6 Å². The van der Waals surface area contributed by atoms with Crippen LogP contribution < -0.4 is 0 Å². The Morgan fingerprint density at radius 1 is 1.17 bits per heavy atom. The monoisotopic (exact) mass is 248 g/mol. The third-order valence-electron chi connectivity index (χ3n) is 4.73. The van der Waals surface area contributed by atoms with E-state index in [4.69, 9.17) is 9.47 Å². The third kappa shape index (κ3) is 1.86. The van der Waals surface area contributed by atoms with E-state index in [1.54, 1.807) is 22.3 Å². The van der Waals surface area contributed by atoms with Gasteiger partial charge in [0.15, 0.2) is 0 Å². The summed E-state index contributed by atoms with van der Waals surface area (Å²) in [5.74, 6) is 0. The van der Waals surface area contributed by atoms with Crippen LogP contribution in [0, 0.1) is 5.41 Å². The average molecular weight is 248 g/mol. The van der Waals surface area contributed by atoms with Crippen molar-refractivity contribution in [2.45, 2.75) is 52.1 Å². The predicted octanol–water partition coefficient (Wildman–Crippen LogP) is 3.63. The summed E-state index contributed by atoms with van der Waals surface area (Å²) in [6, 6.07) is 0. The molecule has 1 unspecified atom stereocenters. The van der Waals surface area contributed by atoms with Crippen molar-refractivity contribution in [1.29, 1.82) is 0 Å². The predicted molar refractivity (Wildman–Crippen MR) is 72.5 cm³/mol. The lowest BCUT2D eigenvalue weighted by Crippen LogP contribution is -2.29. The lowest BCUT2D eigenvalue weighted by Gasteiger charge is -2.30. The molecule has 0 amide bonds. The summed E-state index contributed by atoms with van der Waals surface area (Å²) in [5, 5.41) is 0. The molecule has 0 fully saturated rings. The molecule has 0 aromatic heterocycles. The fourth-order valence-corrected chi connectivity index (χ4v) is 4.01. The number of hydrogen-bond donors (Lipinski definition) is 0. The van der Waals surface area contributed by atoms with Crippen molar-refractivity contribution in [3.8, 4) is 0 Å². The van der Waals surface area contributed by atoms with Crippen LogP contribution in [0.1, 0.15) is 46.0 Å². The minimum absolute atomic E-state index is 0.259. The van der Waals surface area contributed by atoms with E-state index in [-0.39, 0.29) is 11.5 Å². The molecule has 0 bridgehead atoms. The van der Waals surface area contributed by atoms with E-state index in [2.05, 4.69) is 13.8 Å². The molecular formula is C16H24O2. The van der Waals surface area contributed by atoms with Gasteiger partial charge in [-0.15, -0.1) is 0 Å². The maximum atomic E-state index is 5.85. The van der Waals surface area contributed by atoms with Gasteiger partial charge in [-0.3, -0.25) is 0 Å². The Morgan fingerprint density at radius 3 is 2.72 bits per heavy atom. The second kappa shape index (κ2) is 4.50. The van der Waals surface area contributed by atoms with Gasteiger partial charge in [-0.05, 0) is 54.2 Å². The van der Waals surface area contributed by atoms with E-state index in [0.29, 0.717) is 0 Å². The number of allylic oxidation sites excluding steroid dienone is 1. The molecule has 0 aromatic rings. The van der Waals surface area contributed by atoms with Crippen LogP contribution in [0.2, 0.25) is 0 Å². The Labute approximate surface area is 110 Å². The van der Waals surface area contributed by atoms with Gasteiger partial charge in [0.2, 0.25) is 0 Å². The summed E-state index contributed by atoms with van der Waals surface area (Å²) in [6.45, 7) is 6.44. The smallest absolute Gasteiger partial charge is 0.0877 e. The minimum atomic E-state index is 0.259. The Morgan fingerprint density at radius 2 is 1.94 bits per heavy atom.